The van der Waals surface area contributed by atoms with Crippen LogP contribution in [0.3, 0.4) is 0 Å². The normalized spacial score (nSPS) is 15.7. The first-order chi connectivity index (χ1) is 18.9. The first kappa shape index (κ1) is 26.0. The number of benzene rings is 1. The average Bonchev–Trinajstić information content (AvgIpc) is 3.32. The van der Waals surface area contributed by atoms with E-state index in [1.54, 1.807) is 30.6 Å². The van der Waals surface area contributed by atoms with Crippen LogP contribution in [0.5, 0.6) is 5.75 Å². The van der Waals surface area contributed by atoms with E-state index in [0.29, 0.717) is 72.8 Å². The van der Waals surface area contributed by atoms with Crippen LogP contribution < -0.4 is 20.7 Å². The van der Waals surface area contributed by atoms with E-state index in [4.69, 9.17) is 9.47 Å². The van der Waals surface area contributed by atoms with E-state index < -0.39 is 11.4 Å². The average molecular weight is 530 g/mol. The van der Waals surface area contributed by atoms with E-state index in [-0.39, 0.29) is 17.6 Å². The van der Waals surface area contributed by atoms with Gasteiger partial charge in [-0.25, -0.2) is 4.39 Å². The summed E-state index contributed by atoms with van der Waals surface area (Å²) in [5, 5.41) is 9.08. The van der Waals surface area contributed by atoms with Crippen LogP contribution in [0.1, 0.15) is 34.5 Å². The number of nitrogens with zero attached hydrogens (tertiary/aromatic N) is 1. The number of ether oxygens (including phenoxy) is 2. The first-order valence-electron chi connectivity index (χ1n) is 12.6. The van der Waals surface area contributed by atoms with Crippen molar-refractivity contribution >= 4 is 23.2 Å². The van der Waals surface area contributed by atoms with Gasteiger partial charge in [0.05, 0.1) is 35.3 Å². The zero-order valence-corrected chi connectivity index (χ0v) is 21.4. The number of pyridine rings is 1. The molecule has 200 valence electrons. The Balaban J connectivity index is 1.62. The summed E-state index contributed by atoms with van der Waals surface area (Å²) < 4.78 is 25.3. The molecular weight excluding hydrogens is 501 g/mol. The third-order valence-corrected chi connectivity index (χ3v) is 6.82. The fourth-order valence-electron chi connectivity index (χ4n) is 4.84. The van der Waals surface area contributed by atoms with Gasteiger partial charge in [0.2, 0.25) is 5.91 Å². The number of carbonyl (C=O) groups is 2. The van der Waals surface area contributed by atoms with Gasteiger partial charge >= 0.3 is 0 Å². The fourth-order valence-corrected chi connectivity index (χ4v) is 4.84. The van der Waals surface area contributed by atoms with Crippen molar-refractivity contribution in [3.63, 3.8) is 0 Å². The van der Waals surface area contributed by atoms with Crippen LogP contribution in [-0.4, -0.2) is 54.2 Å². The van der Waals surface area contributed by atoms with Crippen molar-refractivity contribution in [1.29, 1.82) is 0 Å². The van der Waals surface area contributed by atoms with Gasteiger partial charge in [0, 0.05) is 62.7 Å². The lowest BCUT2D eigenvalue weighted by Crippen LogP contribution is -2.50. The number of hydrogen-bond donors (Lipinski definition) is 4. The van der Waals surface area contributed by atoms with Gasteiger partial charge in [-0.1, -0.05) is 24.5 Å². The summed E-state index contributed by atoms with van der Waals surface area (Å²) in [5.74, 6) is 5.42. The molecule has 2 aliphatic rings. The van der Waals surface area contributed by atoms with E-state index in [0.717, 1.165) is 5.69 Å². The molecule has 0 bridgehead atoms. The van der Waals surface area contributed by atoms with Gasteiger partial charge in [0.15, 0.2) is 11.6 Å². The summed E-state index contributed by atoms with van der Waals surface area (Å²) in [6.07, 6.45) is 6.14. The number of rotatable bonds is 6. The summed E-state index contributed by atoms with van der Waals surface area (Å²) in [6.45, 7) is 4.98. The van der Waals surface area contributed by atoms with Crippen molar-refractivity contribution in [2.24, 2.45) is 0 Å². The number of aromatic amines is 1. The summed E-state index contributed by atoms with van der Waals surface area (Å²) in [4.78, 5) is 32.8. The Morgan fingerprint density at radius 3 is 2.90 bits per heavy atom. The summed E-state index contributed by atoms with van der Waals surface area (Å²) >= 11 is 0. The number of anilines is 2. The quantitative estimate of drug-likeness (QED) is 0.287. The molecule has 2 aromatic heterocycles. The molecule has 1 aromatic carbocycles. The van der Waals surface area contributed by atoms with Crippen molar-refractivity contribution in [1.82, 2.24) is 20.6 Å². The molecule has 0 saturated carbocycles. The largest absolute Gasteiger partial charge is 0.492 e. The lowest BCUT2D eigenvalue weighted by Gasteiger charge is -2.33. The molecule has 9 nitrogen and oxygen atoms in total. The van der Waals surface area contributed by atoms with Crippen LogP contribution in [0.2, 0.25) is 0 Å². The van der Waals surface area contributed by atoms with Crippen LogP contribution >= 0.6 is 0 Å². The summed E-state index contributed by atoms with van der Waals surface area (Å²) in [5.41, 5.74) is 3.14. The number of para-hydroxylation sites is 1. The number of aromatic nitrogens is 2. The molecule has 0 atom stereocenters. The molecule has 1 fully saturated rings. The maximum absolute atomic E-state index is 14.5. The van der Waals surface area contributed by atoms with Gasteiger partial charge in [-0.15, -0.1) is 0 Å². The molecule has 2 amide bonds. The van der Waals surface area contributed by atoms with Crippen molar-refractivity contribution < 1.29 is 23.5 Å². The van der Waals surface area contributed by atoms with Crippen LogP contribution in [0, 0.1) is 17.7 Å². The van der Waals surface area contributed by atoms with E-state index in [1.807, 2.05) is 0 Å². The smallest absolute Gasteiger partial charge is 0.255 e. The van der Waals surface area contributed by atoms with Crippen LogP contribution in [0.4, 0.5) is 15.8 Å². The highest BCUT2D eigenvalue weighted by molar-refractivity contribution is 6.06. The molecule has 3 aromatic rings. The summed E-state index contributed by atoms with van der Waals surface area (Å²) in [6, 6.07) is 6.34. The van der Waals surface area contributed by atoms with E-state index in [2.05, 4.69) is 44.3 Å². The van der Waals surface area contributed by atoms with E-state index in [9.17, 15) is 14.0 Å². The minimum absolute atomic E-state index is 0.0313. The van der Waals surface area contributed by atoms with Crippen molar-refractivity contribution in [2.75, 3.05) is 32.2 Å². The lowest BCUT2D eigenvalue weighted by atomic mass is 9.90. The zero-order valence-electron chi connectivity index (χ0n) is 21.4. The van der Waals surface area contributed by atoms with Gasteiger partial charge in [-0.3, -0.25) is 14.6 Å². The lowest BCUT2D eigenvalue weighted by molar-refractivity contribution is -0.118. The molecule has 39 heavy (non-hydrogen) atoms. The second-order valence-electron chi connectivity index (χ2n) is 9.24. The third kappa shape index (κ3) is 5.22. The Bertz CT molecular complexity index is 1500. The highest BCUT2D eigenvalue weighted by Gasteiger charge is 2.32. The van der Waals surface area contributed by atoms with Crippen LogP contribution in [0.15, 0.2) is 49.3 Å². The molecule has 4 heterocycles. The number of methoxy groups -OCH3 is 1. The van der Waals surface area contributed by atoms with Gasteiger partial charge in [0.1, 0.15) is 5.54 Å². The molecule has 10 heteroatoms. The van der Waals surface area contributed by atoms with Gasteiger partial charge in [0.25, 0.3) is 5.91 Å². The van der Waals surface area contributed by atoms with Gasteiger partial charge in [-0.2, -0.15) is 0 Å². The third-order valence-electron chi connectivity index (χ3n) is 6.82. The Morgan fingerprint density at radius 2 is 2.13 bits per heavy atom. The molecule has 0 unspecified atom stereocenters. The van der Waals surface area contributed by atoms with Gasteiger partial charge < -0.3 is 30.4 Å². The number of fused-ring (bicyclic) bond motifs is 1. The number of amides is 2. The molecule has 0 spiro atoms. The predicted octanol–water partition coefficient (Wildman–Crippen LogP) is 3.46. The highest BCUT2D eigenvalue weighted by atomic mass is 19.1. The Morgan fingerprint density at radius 1 is 1.31 bits per heavy atom. The fraction of sp³-hybridized carbons (Fsp3) is 0.276. The second-order valence-corrected chi connectivity index (χ2v) is 9.24. The molecular formula is C29H28FN5O4. The number of halogens is 1. The zero-order chi connectivity index (χ0) is 27.4. The minimum atomic E-state index is -0.776. The number of carbonyl (C=O) groups excluding carboxylic acids is 2. The highest BCUT2D eigenvalue weighted by Crippen LogP contribution is 2.40. The maximum atomic E-state index is 14.5. The van der Waals surface area contributed by atoms with Gasteiger partial charge in [-0.05, 0) is 24.3 Å². The van der Waals surface area contributed by atoms with Crippen LogP contribution in [0.25, 0.3) is 11.3 Å². The standard InChI is InChI=1S/C29H28FN5O4/c1-3-23(36)35-29(11-15-39-16-12-29)10-7-18-17-31-13-8-19(18)25-26(24-21(33-25)9-14-32-28(24)37)34-22-6-4-5-20(30)27(22)38-2/h3-6,8,13,17,33-34H,1,9,11-12,14-16H2,2H3,(H,32,37)(H,35,36). The number of H-pyrrole nitrogens is 1. The molecule has 0 radical (unpaired) electrons. The molecule has 5 rings (SSSR count). The molecule has 2 aliphatic heterocycles. The summed E-state index contributed by atoms with van der Waals surface area (Å²) in [7, 11) is 1.39. The van der Waals surface area contributed by atoms with E-state index >= 15 is 0 Å². The Hall–Kier alpha value is -4.62. The topological polar surface area (TPSA) is 117 Å². The predicted molar refractivity (Wildman–Crippen MR) is 144 cm³/mol. The number of nitrogens with one attached hydrogen (secondary N) is 4. The van der Waals surface area contributed by atoms with Crippen LogP contribution in [-0.2, 0) is 16.0 Å². The molecule has 4 N–H and O–H groups in total. The van der Waals surface area contributed by atoms with Crippen molar-refractivity contribution in [2.45, 2.75) is 24.8 Å². The monoisotopic (exact) mass is 529 g/mol. The Labute approximate surface area is 225 Å². The SMILES string of the molecule is C=CC(=O)NC1(C#Cc2cnccc2-c2[nH]c3c(c2Nc2cccc(F)c2OC)C(=O)NCC3)CCOCC1. The molecule has 1 saturated heterocycles. The van der Waals surface area contributed by atoms with Crippen molar-refractivity contribution in [3.05, 3.63) is 72.0 Å². The first-order valence-corrected chi connectivity index (χ1v) is 12.6. The molecule has 0 aliphatic carbocycles. The number of hydrogen-bond acceptors (Lipinski definition) is 6. The van der Waals surface area contributed by atoms with Crippen molar-refractivity contribution in [3.8, 4) is 28.8 Å². The maximum Gasteiger partial charge on any atom is 0.255 e. The second kappa shape index (κ2) is 11.0. The van der Waals surface area contributed by atoms with E-state index in [1.165, 1.54) is 19.3 Å². The minimum Gasteiger partial charge on any atom is -0.492 e. The Kier molecular flexibility index (Phi) is 7.34.